The highest BCUT2D eigenvalue weighted by atomic mass is 16.7. The molecule has 0 N–H and O–H groups in total. The maximum Gasteiger partial charge on any atom is 0.341 e. The van der Waals surface area contributed by atoms with E-state index >= 15 is 0 Å². The third-order valence-corrected chi connectivity index (χ3v) is 2.84. The van der Waals surface area contributed by atoms with Gasteiger partial charge < -0.3 is 9.47 Å². The van der Waals surface area contributed by atoms with Gasteiger partial charge in [-0.25, -0.2) is 4.79 Å². The first-order chi connectivity index (χ1) is 9.31. The molecule has 3 heteroatoms. The Kier molecular flexibility index (Phi) is 4.56. The monoisotopic (exact) mass is 256 g/mol. The maximum atomic E-state index is 12.1. The van der Waals surface area contributed by atoms with Crippen LogP contribution >= 0.6 is 0 Å². The summed E-state index contributed by atoms with van der Waals surface area (Å²) in [5.74, 6) is -0.371. The summed E-state index contributed by atoms with van der Waals surface area (Å²) in [4.78, 5) is 12.1. The molecule has 0 saturated carbocycles. The molecular formula is C16H16O3. The first-order valence-electron chi connectivity index (χ1n) is 6.14. The Morgan fingerprint density at radius 2 is 2.05 bits per heavy atom. The molecule has 2 rings (SSSR count). The number of hydrogen-bond donors (Lipinski definition) is 0. The van der Waals surface area contributed by atoms with Gasteiger partial charge in [-0.15, -0.1) is 0 Å². The minimum atomic E-state index is -0.371. The summed E-state index contributed by atoms with van der Waals surface area (Å²) >= 11 is 0. The molecule has 0 radical (unpaired) electrons. The zero-order valence-electron chi connectivity index (χ0n) is 10.7. The Morgan fingerprint density at radius 3 is 2.68 bits per heavy atom. The highest BCUT2D eigenvalue weighted by molar-refractivity contribution is 5.94. The van der Waals surface area contributed by atoms with Gasteiger partial charge in [0.1, 0.15) is 0 Å². The Morgan fingerprint density at radius 1 is 1.26 bits per heavy atom. The van der Waals surface area contributed by atoms with Crippen LogP contribution in [0.2, 0.25) is 0 Å². The minimum absolute atomic E-state index is 0.113. The Hall–Kier alpha value is -2.29. The van der Waals surface area contributed by atoms with E-state index in [0.29, 0.717) is 5.57 Å². The van der Waals surface area contributed by atoms with Crippen LogP contribution in [0.5, 0.6) is 0 Å². The van der Waals surface area contributed by atoms with Crippen LogP contribution in [0.1, 0.15) is 12.8 Å². The first-order valence-corrected chi connectivity index (χ1v) is 6.14. The third-order valence-electron chi connectivity index (χ3n) is 2.84. The molecule has 2 aliphatic carbocycles. The smallest absolute Gasteiger partial charge is 0.341 e. The van der Waals surface area contributed by atoms with Gasteiger partial charge in [-0.1, -0.05) is 43.0 Å². The molecule has 0 unspecified atom stereocenters. The van der Waals surface area contributed by atoms with Gasteiger partial charge in [-0.05, 0) is 30.1 Å². The van der Waals surface area contributed by atoms with Crippen molar-refractivity contribution in [2.45, 2.75) is 12.8 Å². The van der Waals surface area contributed by atoms with Gasteiger partial charge in [0, 0.05) is 0 Å². The molecule has 0 aromatic carbocycles. The summed E-state index contributed by atoms with van der Waals surface area (Å²) in [7, 11) is 0. The van der Waals surface area contributed by atoms with E-state index in [1.807, 2.05) is 36.5 Å². The molecule has 0 fully saturated rings. The van der Waals surface area contributed by atoms with Gasteiger partial charge in [-0.3, -0.25) is 0 Å². The second-order valence-corrected chi connectivity index (χ2v) is 4.14. The first kappa shape index (κ1) is 13.1. The van der Waals surface area contributed by atoms with E-state index in [-0.39, 0.29) is 12.8 Å². The van der Waals surface area contributed by atoms with Gasteiger partial charge in [0.25, 0.3) is 0 Å². The zero-order chi connectivity index (χ0) is 13.5. The van der Waals surface area contributed by atoms with Crippen LogP contribution in [-0.2, 0) is 14.3 Å². The third kappa shape index (κ3) is 3.58. The Labute approximate surface area is 112 Å². The molecule has 0 bridgehead atoms. The lowest BCUT2D eigenvalue weighted by atomic mass is 10.0. The van der Waals surface area contributed by atoms with Crippen molar-refractivity contribution in [2.75, 3.05) is 6.79 Å². The molecule has 0 spiro atoms. The molecule has 0 aliphatic heterocycles. The lowest BCUT2D eigenvalue weighted by molar-refractivity contribution is -0.147. The normalized spacial score (nSPS) is 17.2. The minimum Gasteiger partial charge on any atom is -0.466 e. The fourth-order valence-electron chi connectivity index (χ4n) is 1.90. The van der Waals surface area contributed by atoms with Crippen molar-refractivity contribution in [3.63, 3.8) is 0 Å². The highest BCUT2D eigenvalue weighted by Gasteiger charge is 2.17. The van der Waals surface area contributed by atoms with E-state index in [2.05, 4.69) is 12.7 Å². The second-order valence-electron chi connectivity index (χ2n) is 4.14. The Balaban J connectivity index is 2.10. The predicted octanol–water partition coefficient (Wildman–Crippen LogP) is 3.35. The van der Waals surface area contributed by atoms with Crippen molar-refractivity contribution in [3.8, 4) is 0 Å². The van der Waals surface area contributed by atoms with Crippen LogP contribution in [-0.4, -0.2) is 12.8 Å². The van der Waals surface area contributed by atoms with E-state index in [9.17, 15) is 4.79 Å². The van der Waals surface area contributed by atoms with E-state index in [1.165, 1.54) is 6.26 Å². The summed E-state index contributed by atoms with van der Waals surface area (Å²) < 4.78 is 9.87. The zero-order valence-corrected chi connectivity index (χ0v) is 10.7. The second kappa shape index (κ2) is 6.59. The van der Waals surface area contributed by atoms with Gasteiger partial charge >= 0.3 is 5.97 Å². The molecule has 0 atom stereocenters. The molecule has 0 heterocycles. The van der Waals surface area contributed by atoms with Crippen LogP contribution in [0.15, 0.2) is 72.1 Å². The fourth-order valence-corrected chi connectivity index (χ4v) is 1.90. The van der Waals surface area contributed by atoms with Gasteiger partial charge in [0.2, 0.25) is 6.79 Å². The average Bonchev–Trinajstić information content (AvgIpc) is 3.09. The summed E-state index contributed by atoms with van der Waals surface area (Å²) in [6.45, 7) is 3.28. The molecule has 2 aliphatic rings. The standard InChI is InChI=1S/C16H16O3/c1-2-18-12-19-16(17)15(14-9-5-6-10-14)11-13-7-3-4-8-13/h2-7,9,11H,1,8,10,12H2/b15-11-. The van der Waals surface area contributed by atoms with E-state index in [1.54, 1.807) is 0 Å². The molecule has 98 valence electrons. The number of carbonyl (C=O) groups is 1. The molecule has 0 aromatic rings. The van der Waals surface area contributed by atoms with Gasteiger partial charge in [-0.2, -0.15) is 0 Å². The molecule has 19 heavy (non-hydrogen) atoms. The molecule has 0 amide bonds. The number of carbonyl (C=O) groups excluding carboxylic acids is 1. The summed E-state index contributed by atoms with van der Waals surface area (Å²) in [6.07, 6.45) is 16.7. The number of allylic oxidation sites excluding steroid dienone is 8. The van der Waals surface area contributed by atoms with Crippen molar-refractivity contribution >= 4 is 5.97 Å². The quantitative estimate of drug-likeness (QED) is 0.240. The highest BCUT2D eigenvalue weighted by Crippen LogP contribution is 2.24. The SMILES string of the molecule is C=COCOC(=O)/C(=C\C1=CC=CC1)C1=CC=CC1. The maximum absolute atomic E-state index is 12.1. The van der Waals surface area contributed by atoms with E-state index in [0.717, 1.165) is 24.0 Å². The largest absolute Gasteiger partial charge is 0.466 e. The van der Waals surface area contributed by atoms with Crippen LogP contribution in [0.25, 0.3) is 0 Å². The van der Waals surface area contributed by atoms with Crippen LogP contribution in [0.4, 0.5) is 0 Å². The Bertz CT molecular complexity index is 516. The van der Waals surface area contributed by atoms with Crippen molar-refractivity contribution in [3.05, 3.63) is 72.1 Å². The van der Waals surface area contributed by atoms with Crippen molar-refractivity contribution in [2.24, 2.45) is 0 Å². The van der Waals surface area contributed by atoms with Gasteiger partial charge in [0.05, 0.1) is 11.8 Å². The average molecular weight is 256 g/mol. The van der Waals surface area contributed by atoms with Crippen molar-refractivity contribution in [1.82, 2.24) is 0 Å². The fraction of sp³-hybridized carbons (Fsp3) is 0.188. The predicted molar refractivity (Wildman–Crippen MR) is 74.0 cm³/mol. The lowest BCUT2D eigenvalue weighted by Crippen LogP contribution is -2.11. The van der Waals surface area contributed by atoms with Crippen molar-refractivity contribution in [1.29, 1.82) is 0 Å². The topological polar surface area (TPSA) is 35.5 Å². The summed E-state index contributed by atoms with van der Waals surface area (Å²) in [5.41, 5.74) is 2.66. The van der Waals surface area contributed by atoms with Gasteiger partial charge in [0.15, 0.2) is 0 Å². The van der Waals surface area contributed by atoms with Crippen LogP contribution < -0.4 is 0 Å². The number of rotatable bonds is 6. The molecule has 0 aromatic heterocycles. The van der Waals surface area contributed by atoms with Crippen molar-refractivity contribution < 1.29 is 14.3 Å². The summed E-state index contributed by atoms with van der Waals surface area (Å²) in [5, 5.41) is 0. The van der Waals surface area contributed by atoms with E-state index in [4.69, 9.17) is 9.47 Å². The molecule has 3 nitrogen and oxygen atoms in total. The number of hydrogen-bond acceptors (Lipinski definition) is 3. The number of ether oxygens (including phenoxy) is 2. The molecular weight excluding hydrogens is 240 g/mol. The van der Waals surface area contributed by atoms with Crippen LogP contribution in [0, 0.1) is 0 Å². The van der Waals surface area contributed by atoms with E-state index < -0.39 is 0 Å². The summed E-state index contributed by atoms with van der Waals surface area (Å²) in [6, 6.07) is 0. The van der Waals surface area contributed by atoms with Crippen LogP contribution in [0.3, 0.4) is 0 Å². The molecule has 0 saturated heterocycles. The number of esters is 1. The lowest BCUT2D eigenvalue weighted by Gasteiger charge is -2.09.